The van der Waals surface area contributed by atoms with Gasteiger partial charge in [0.15, 0.2) is 0 Å². The first kappa shape index (κ1) is 10.1. The normalized spacial score (nSPS) is 10.6. The summed E-state index contributed by atoms with van der Waals surface area (Å²) in [5.41, 5.74) is 7.93. The van der Waals surface area contributed by atoms with E-state index in [9.17, 15) is 0 Å². The van der Waals surface area contributed by atoms with E-state index < -0.39 is 0 Å². The third-order valence-corrected chi connectivity index (χ3v) is 2.69. The Bertz CT molecular complexity index is 525. The van der Waals surface area contributed by atoms with Crippen molar-refractivity contribution in [3.8, 4) is 5.75 Å². The SMILES string of the molecule is COc1cc(N)c(Cl)c2ccc(C)nc12. The third-order valence-electron chi connectivity index (χ3n) is 2.26. The molecule has 0 aliphatic heterocycles. The first-order valence-electron chi connectivity index (χ1n) is 4.53. The maximum atomic E-state index is 6.09. The van der Waals surface area contributed by atoms with Crippen molar-refractivity contribution in [2.24, 2.45) is 0 Å². The molecular formula is C11H11ClN2O. The first-order chi connectivity index (χ1) is 7.13. The summed E-state index contributed by atoms with van der Waals surface area (Å²) in [6.45, 7) is 1.92. The maximum Gasteiger partial charge on any atom is 0.147 e. The summed E-state index contributed by atoms with van der Waals surface area (Å²) in [5, 5.41) is 1.34. The summed E-state index contributed by atoms with van der Waals surface area (Å²) in [6.07, 6.45) is 0. The van der Waals surface area contributed by atoms with Gasteiger partial charge >= 0.3 is 0 Å². The molecule has 1 heterocycles. The van der Waals surface area contributed by atoms with Crippen LogP contribution in [0.4, 0.5) is 5.69 Å². The van der Waals surface area contributed by atoms with Crippen molar-refractivity contribution in [3.63, 3.8) is 0 Å². The molecule has 0 aliphatic rings. The van der Waals surface area contributed by atoms with E-state index in [1.54, 1.807) is 13.2 Å². The van der Waals surface area contributed by atoms with Crippen LogP contribution in [0.15, 0.2) is 18.2 Å². The lowest BCUT2D eigenvalue weighted by Crippen LogP contribution is -1.94. The van der Waals surface area contributed by atoms with Gasteiger partial charge in [-0.05, 0) is 19.1 Å². The minimum Gasteiger partial charge on any atom is -0.494 e. The molecular weight excluding hydrogens is 212 g/mol. The van der Waals surface area contributed by atoms with E-state index in [0.29, 0.717) is 16.5 Å². The number of nitrogens with two attached hydrogens (primary N) is 1. The smallest absolute Gasteiger partial charge is 0.147 e. The summed E-state index contributed by atoms with van der Waals surface area (Å²) < 4.78 is 5.22. The van der Waals surface area contributed by atoms with Crippen molar-refractivity contribution in [2.75, 3.05) is 12.8 Å². The second kappa shape index (κ2) is 3.59. The summed E-state index contributed by atoms with van der Waals surface area (Å²) >= 11 is 6.09. The van der Waals surface area contributed by atoms with Crippen molar-refractivity contribution < 1.29 is 4.74 Å². The average molecular weight is 223 g/mol. The Hall–Kier alpha value is -1.48. The number of methoxy groups -OCH3 is 1. The Morgan fingerprint density at radius 1 is 1.40 bits per heavy atom. The van der Waals surface area contributed by atoms with Crippen LogP contribution in [0.5, 0.6) is 5.75 Å². The molecule has 4 heteroatoms. The van der Waals surface area contributed by atoms with Gasteiger partial charge in [-0.15, -0.1) is 0 Å². The summed E-state index contributed by atoms with van der Waals surface area (Å²) in [6, 6.07) is 5.49. The van der Waals surface area contributed by atoms with Gasteiger partial charge in [-0.25, -0.2) is 4.98 Å². The Morgan fingerprint density at radius 3 is 2.80 bits per heavy atom. The molecule has 0 amide bonds. The van der Waals surface area contributed by atoms with Crippen LogP contribution in [0.3, 0.4) is 0 Å². The number of anilines is 1. The molecule has 0 bridgehead atoms. The molecule has 1 aromatic heterocycles. The highest BCUT2D eigenvalue weighted by atomic mass is 35.5. The molecule has 1 aromatic carbocycles. The predicted molar refractivity (Wildman–Crippen MR) is 62.5 cm³/mol. The Labute approximate surface area is 92.8 Å². The van der Waals surface area contributed by atoms with E-state index in [0.717, 1.165) is 16.6 Å². The van der Waals surface area contributed by atoms with Gasteiger partial charge in [0.25, 0.3) is 0 Å². The van der Waals surface area contributed by atoms with Crippen LogP contribution in [0.2, 0.25) is 5.02 Å². The standard InChI is InChI=1S/C11H11ClN2O/c1-6-3-4-7-10(12)8(13)5-9(15-2)11(7)14-6/h3-5H,13H2,1-2H3. The number of nitrogen functional groups attached to an aromatic ring is 1. The molecule has 78 valence electrons. The van der Waals surface area contributed by atoms with E-state index >= 15 is 0 Å². The number of ether oxygens (including phenoxy) is 1. The van der Waals surface area contributed by atoms with Crippen LogP contribution in [0, 0.1) is 6.92 Å². The van der Waals surface area contributed by atoms with Crippen LogP contribution >= 0.6 is 11.6 Å². The number of aromatic nitrogens is 1. The second-order valence-corrected chi connectivity index (χ2v) is 3.71. The van der Waals surface area contributed by atoms with Crippen molar-refractivity contribution in [1.82, 2.24) is 4.98 Å². The molecule has 2 aromatic rings. The van der Waals surface area contributed by atoms with Crippen molar-refractivity contribution in [2.45, 2.75) is 6.92 Å². The zero-order valence-corrected chi connectivity index (χ0v) is 9.30. The third kappa shape index (κ3) is 1.59. The fraction of sp³-hybridized carbons (Fsp3) is 0.182. The highest BCUT2D eigenvalue weighted by molar-refractivity contribution is 6.38. The minimum absolute atomic E-state index is 0.506. The van der Waals surface area contributed by atoms with Gasteiger partial charge in [0.05, 0.1) is 17.8 Å². The van der Waals surface area contributed by atoms with Crippen LogP contribution in [-0.2, 0) is 0 Å². The average Bonchev–Trinajstić information content (AvgIpc) is 2.23. The van der Waals surface area contributed by atoms with Crippen molar-refractivity contribution >= 4 is 28.2 Å². The highest BCUT2D eigenvalue weighted by Gasteiger charge is 2.10. The van der Waals surface area contributed by atoms with Gasteiger partial charge in [0.1, 0.15) is 11.3 Å². The van der Waals surface area contributed by atoms with E-state index in [2.05, 4.69) is 4.98 Å². The molecule has 0 atom stereocenters. The highest BCUT2D eigenvalue weighted by Crippen LogP contribution is 2.34. The maximum absolute atomic E-state index is 6.09. The fourth-order valence-corrected chi connectivity index (χ4v) is 1.71. The Morgan fingerprint density at radius 2 is 2.13 bits per heavy atom. The van der Waals surface area contributed by atoms with Crippen LogP contribution in [0.25, 0.3) is 10.9 Å². The number of hydrogen-bond acceptors (Lipinski definition) is 3. The molecule has 15 heavy (non-hydrogen) atoms. The molecule has 0 saturated carbocycles. The monoisotopic (exact) mass is 222 g/mol. The summed E-state index contributed by atoms with van der Waals surface area (Å²) in [4.78, 5) is 4.38. The van der Waals surface area contributed by atoms with Crippen molar-refractivity contribution in [1.29, 1.82) is 0 Å². The molecule has 0 spiro atoms. The number of pyridine rings is 1. The van der Waals surface area contributed by atoms with Crippen LogP contribution < -0.4 is 10.5 Å². The van der Waals surface area contributed by atoms with E-state index in [1.807, 2.05) is 19.1 Å². The van der Waals surface area contributed by atoms with Crippen LogP contribution in [-0.4, -0.2) is 12.1 Å². The number of halogens is 1. The topological polar surface area (TPSA) is 48.1 Å². The number of aryl methyl sites for hydroxylation is 1. The first-order valence-corrected chi connectivity index (χ1v) is 4.90. The van der Waals surface area contributed by atoms with Gasteiger partial charge in [0.2, 0.25) is 0 Å². The molecule has 0 fully saturated rings. The molecule has 3 nitrogen and oxygen atoms in total. The lowest BCUT2D eigenvalue weighted by atomic mass is 10.1. The van der Waals surface area contributed by atoms with Gasteiger partial charge in [-0.1, -0.05) is 11.6 Å². The number of rotatable bonds is 1. The van der Waals surface area contributed by atoms with Crippen LogP contribution in [0.1, 0.15) is 5.69 Å². The minimum atomic E-state index is 0.506. The molecule has 0 saturated heterocycles. The van der Waals surface area contributed by atoms with E-state index in [4.69, 9.17) is 22.1 Å². The number of hydrogen-bond donors (Lipinski definition) is 1. The summed E-state index contributed by atoms with van der Waals surface area (Å²) in [7, 11) is 1.59. The Balaban J connectivity index is 2.90. The molecule has 0 radical (unpaired) electrons. The zero-order valence-electron chi connectivity index (χ0n) is 8.54. The quantitative estimate of drug-likeness (QED) is 0.755. The lowest BCUT2D eigenvalue weighted by molar-refractivity contribution is 0.419. The van der Waals surface area contributed by atoms with E-state index in [1.165, 1.54) is 0 Å². The van der Waals surface area contributed by atoms with E-state index in [-0.39, 0.29) is 0 Å². The molecule has 0 unspecified atom stereocenters. The van der Waals surface area contributed by atoms with Gasteiger partial charge in [-0.2, -0.15) is 0 Å². The largest absolute Gasteiger partial charge is 0.494 e. The lowest BCUT2D eigenvalue weighted by Gasteiger charge is -2.09. The zero-order chi connectivity index (χ0) is 11.0. The Kier molecular flexibility index (Phi) is 2.40. The van der Waals surface area contributed by atoms with Gasteiger partial charge < -0.3 is 10.5 Å². The number of fused-ring (bicyclic) bond motifs is 1. The molecule has 2 N–H and O–H groups in total. The second-order valence-electron chi connectivity index (χ2n) is 3.33. The molecule has 0 aliphatic carbocycles. The van der Waals surface area contributed by atoms with Gasteiger partial charge in [0, 0.05) is 17.1 Å². The number of nitrogens with zero attached hydrogens (tertiary/aromatic N) is 1. The molecule has 2 rings (SSSR count). The van der Waals surface area contributed by atoms with Crippen molar-refractivity contribution in [3.05, 3.63) is 28.9 Å². The van der Waals surface area contributed by atoms with Gasteiger partial charge in [-0.3, -0.25) is 0 Å². The summed E-state index contributed by atoms with van der Waals surface area (Å²) in [5.74, 6) is 0.649. The predicted octanol–water partition coefficient (Wildman–Crippen LogP) is 2.79. The fourth-order valence-electron chi connectivity index (χ4n) is 1.51. The number of benzene rings is 1.